The average molecular weight is 362 g/mol. The molecule has 1 aromatic heterocycles. The molecule has 2 heterocycles. The van der Waals surface area contributed by atoms with Crippen molar-refractivity contribution >= 4 is 6.09 Å². The number of rotatable bonds is 6. The lowest BCUT2D eigenvalue weighted by Crippen LogP contribution is -2.46. The highest BCUT2D eigenvalue weighted by atomic mass is 16.6. The first-order chi connectivity index (χ1) is 12.3. The first-order valence-corrected chi connectivity index (χ1v) is 9.79. The number of amides is 1. The van der Waals surface area contributed by atoms with E-state index in [1.54, 1.807) is 0 Å². The fourth-order valence-electron chi connectivity index (χ4n) is 3.77. The van der Waals surface area contributed by atoms with Crippen LogP contribution in [0.4, 0.5) is 4.79 Å². The van der Waals surface area contributed by atoms with E-state index in [0.717, 1.165) is 32.4 Å². The third kappa shape index (κ3) is 6.60. The molecule has 0 saturated carbocycles. The third-order valence-electron chi connectivity index (χ3n) is 5.11. The van der Waals surface area contributed by atoms with Gasteiger partial charge in [0.2, 0.25) is 0 Å². The number of carbonyl (C=O) groups excluding carboxylic acids is 1. The summed E-state index contributed by atoms with van der Waals surface area (Å²) in [5.41, 5.74) is 0.935. The highest BCUT2D eigenvalue weighted by Crippen LogP contribution is 2.27. The zero-order chi connectivity index (χ0) is 19.2. The Balaban J connectivity index is 1.81. The predicted molar refractivity (Wildman–Crippen MR) is 105 cm³/mol. The number of hydrogen-bond acceptors (Lipinski definition) is 4. The molecule has 1 fully saturated rings. The van der Waals surface area contributed by atoms with Crippen molar-refractivity contribution in [3.05, 3.63) is 30.1 Å². The standard InChI is InChI=1S/C21H35N3O2/c1-21(2,3)26-20(25)24-15-11-18(12-16-24)19(23(4)5)8-6-7-17-9-13-22-14-10-17/h9-10,13-14,18-19H,6-8,11-12,15-16H2,1-5H3. The quantitative estimate of drug-likeness (QED) is 0.769. The number of piperidine rings is 1. The maximum atomic E-state index is 12.2. The molecule has 0 aliphatic carbocycles. The molecule has 0 aromatic carbocycles. The number of aromatic nitrogens is 1. The van der Waals surface area contributed by atoms with Gasteiger partial charge in [0.25, 0.3) is 0 Å². The van der Waals surface area contributed by atoms with Crippen molar-refractivity contribution in [2.45, 2.75) is 64.5 Å². The summed E-state index contributed by atoms with van der Waals surface area (Å²) < 4.78 is 5.51. The minimum absolute atomic E-state index is 0.171. The van der Waals surface area contributed by atoms with Crippen LogP contribution in [0.5, 0.6) is 0 Å². The molecule has 1 amide bonds. The SMILES string of the molecule is CN(C)C(CCCc1ccncc1)C1CCN(C(=O)OC(C)(C)C)CC1. The van der Waals surface area contributed by atoms with Crippen molar-refractivity contribution < 1.29 is 9.53 Å². The van der Waals surface area contributed by atoms with Crippen LogP contribution in [0, 0.1) is 5.92 Å². The molecule has 0 N–H and O–H groups in total. The molecule has 5 nitrogen and oxygen atoms in total. The second-order valence-electron chi connectivity index (χ2n) is 8.58. The first kappa shape index (κ1) is 20.7. The van der Waals surface area contributed by atoms with E-state index in [1.807, 2.05) is 38.1 Å². The highest BCUT2D eigenvalue weighted by molar-refractivity contribution is 5.68. The molecule has 26 heavy (non-hydrogen) atoms. The van der Waals surface area contributed by atoms with Gasteiger partial charge in [0.1, 0.15) is 5.60 Å². The molecule has 1 saturated heterocycles. The second-order valence-corrected chi connectivity index (χ2v) is 8.58. The van der Waals surface area contributed by atoms with E-state index in [-0.39, 0.29) is 6.09 Å². The van der Waals surface area contributed by atoms with Gasteiger partial charge in [-0.05, 0) is 90.6 Å². The third-order valence-corrected chi connectivity index (χ3v) is 5.11. The Hall–Kier alpha value is -1.62. The molecule has 1 atom stereocenters. The average Bonchev–Trinajstić information content (AvgIpc) is 2.58. The van der Waals surface area contributed by atoms with Gasteiger partial charge in [-0.15, -0.1) is 0 Å². The summed E-state index contributed by atoms with van der Waals surface area (Å²) in [4.78, 5) is 20.6. The fourth-order valence-corrected chi connectivity index (χ4v) is 3.77. The van der Waals surface area contributed by atoms with E-state index in [2.05, 4.69) is 36.1 Å². The van der Waals surface area contributed by atoms with Crippen molar-refractivity contribution in [2.75, 3.05) is 27.2 Å². The van der Waals surface area contributed by atoms with E-state index in [4.69, 9.17) is 4.74 Å². The molecule has 2 rings (SSSR count). The topological polar surface area (TPSA) is 45.7 Å². The lowest BCUT2D eigenvalue weighted by atomic mass is 9.85. The molecule has 1 aliphatic rings. The number of carbonyl (C=O) groups is 1. The van der Waals surface area contributed by atoms with Crippen LogP contribution in [-0.2, 0) is 11.2 Å². The molecular weight excluding hydrogens is 326 g/mol. The van der Waals surface area contributed by atoms with Crippen LogP contribution < -0.4 is 0 Å². The molecule has 146 valence electrons. The number of ether oxygens (including phenoxy) is 1. The summed E-state index contributed by atoms with van der Waals surface area (Å²) in [5, 5.41) is 0. The van der Waals surface area contributed by atoms with Crippen molar-refractivity contribution in [1.82, 2.24) is 14.8 Å². The Bertz CT molecular complexity index is 546. The Labute approximate surface area is 158 Å². The summed E-state index contributed by atoms with van der Waals surface area (Å²) in [6.45, 7) is 7.36. The van der Waals surface area contributed by atoms with Crippen molar-refractivity contribution in [3.63, 3.8) is 0 Å². The molecular formula is C21H35N3O2. The molecule has 0 bridgehead atoms. The second kappa shape index (κ2) is 9.36. The summed E-state index contributed by atoms with van der Waals surface area (Å²) in [6.07, 6.45) is 9.13. The zero-order valence-corrected chi connectivity index (χ0v) is 17.1. The van der Waals surface area contributed by atoms with Gasteiger partial charge < -0.3 is 14.5 Å². The molecule has 5 heteroatoms. The van der Waals surface area contributed by atoms with Crippen LogP contribution in [0.1, 0.15) is 52.0 Å². The van der Waals surface area contributed by atoms with Crippen LogP contribution in [0.15, 0.2) is 24.5 Å². The van der Waals surface area contributed by atoms with E-state index < -0.39 is 5.60 Å². The largest absolute Gasteiger partial charge is 0.444 e. The van der Waals surface area contributed by atoms with Crippen molar-refractivity contribution in [1.29, 1.82) is 0 Å². The van der Waals surface area contributed by atoms with Crippen molar-refractivity contribution in [3.8, 4) is 0 Å². The molecule has 1 aliphatic heterocycles. The minimum atomic E-state index is -0.424. The van der Waals surface area contributed by atoms with E-state index >= 15 is 0 Å². The van der Waals surface area contributed by atoms with Crippen LogP contribution in [0.3, 0.4) is 0 Å². The van der Waals surface area contributed by atoms with Gasteiger partial charge in [-0.1, -0.05) is 0 Å². The van der Waals surface area contributed by atoms with Gasteiger partial charge in [0, 0.05) is 31.5 Å². The van der Waals surface area contributed by atoms with Crippen LogP contribution in [0.2, 0.25) is 0 Å². The van der Waals surface area contributed by atoms with Crippen molar-refractivity contribution in [2.24, 2.45) is 5.92 Å². The number of hydrogen-bond donors (Lipinski definition) is 0. The van der Waals surface area contributed by atoms with Gasteiger partial charge in [0.05, 0.1) is 0 Å². The molecule has 1 unspecified atom stereocenters. The first-order valence-electron chi connectivity index (χ1n) is 9.79. The van der Waals surface area contributed by atoms with Crippen LogP contribution in [-0.4, -0.2) is 59.7 Å². The molecule has 0 radical (unpaired) electrons. The molecule has 0 spiro atoms. The zero-order valence-electron chi connectivity index (χ0n) is 17.1. The number of nitrogens with zero attached hydrogens (tertiary/aromatic N) is 3. The molecule has 1 aromatic rings. The minimum Gasteiger partial charge on any atom is -0.444 e. The van der Waals surface area contributed by atoms with Gasteiger partial charge in [-0.2, -0.15) is 0 Å². The highest BCUT2D eigenvalue weighted by Gasteiger charge is 2.31. The van der Waals surface area contributed by atoms with Gasteiger partial charge >= 0.3 is 6.09 Å². The Kier molecular flexibility index (Phi) is 7.44. The van der Waals surface area contributed by atoms with E-state index in [0.29, 0.717) is 12.0 Å². The monoisotopic (exact) mass is 361 g/mol. The Morgan fingerprint density at radius 3 is 2.42 bits per heavy atom. The van der Waals surface area contributed by atoms with Gasteiger partial charge in [-0.3, -0.25) is 4.98 Å². The number of aryl methyl sites for hydroxylation is 1. The normalized spacial score (nSPS) is 17.4. The Morgan fingerprint density at radius 1 is 1.27 bits per heavy atom. The Morgan fingerprint density at radius 2 is 1.88 bits per heavy atom. The summed E-state index contributed by atoms with van der Waals surface area (Å²) in [6, 6.07) is 4.77. The summed E-state index contributed by atoms with van der Waals surface area (Å²) >= 11 is 0. The van der Waals surface area contributed by atoms with E-state index in [1.165, 1.54) is 18.4 Å². The van der Waals surface area contributed by atoms with Gasteiger partial charge in [0.15, 0.2) is 0 Å². The summed E-state index contributed by atoms with van der Waals surface area (Å²) in [7, 11) is 4.36. The lowest BCUT2D eigenvalue weighted by molar-refractivity contribution is 0.0142. The number of pyridine rings is 1. The maximum Gasteiger partial charge on any atom is 0.410 e. The fraction of sp³-hybridized carbons (Fsp3) is 0.714. The van der Waals surface area contributed by atoms with Crippen LogP contribution in [0.25, 0.3) is 0 Å². The smallest absolute Gasteiger partial charge is 0.410 e. The lowest BCUT2D eigenvalue weighted by Gasteiger charge is -2.39. The van der Waals surface area contributed by atoms with Gasteiger partial charge in [-0.25, -0.2) is 4.79 Å². The van der Waals surface area contributed by atoms with E-state index in [9.17, 15) is 4.79 Å². The maximum absolute atomic E-state index is 12.2. The number of likely N-dealkylation sites (tertiary alicyclic amines) is 1. The predicted octanol–water partition coefficient (Wildman–Crippen LogP) is 3.98. The van der Waals surface area contributed by atoms with Crippen LogP contribution >= 0.6 is 0 Å². The summed E-state index contributed by atoms with van der Waals surface area (Å²) in [5.74, 6) is 0.640.